The fourth-order valence-corrected chi connectivity index (χ4v) is 4.72. The molecule has 1 aliphatic heterocycles. The highest BCUT2D eigenvalue weighted by atomic mass is 32.1. The Balaban J connectivity index is 1.42. The van der Waals surface area contributed by atoms with Gasteiger partial charge in [0.05, 0.1) is 26.3 Å². The van der Waals surface area contributed by atoms with Crippen molar-refractivity contribution >= 4 is 40.3 Å². The molecule has 29 heavy (non-hydrogen) atoms. The molecular formula is C23H24N2O2S2. The third-order valence-corrected chi connectivity index (χ3v) is 6.58. The van der Waals surface area contributed by atoms with Gasteiger partial charge in [0.15, 0.2) is 0 Å². The Morgan fingerprint density at radius 2 is 1.59 bits per heavy atom. The van der Waals surface area contributed by atoms with Gasteiger partial charge < -0.3 is 14.5 Å². The van der Waals surface area contributed by atoms with Crippen LogP contribution in [0.3, 0.4) is 0 Å². The first-order valence-electron chi connectivity index (χ1n) is 9.72. The van der Waals surface area contributed by atoms with E-state index in [0.717, 1.165) is 31.9 Å². The van der Waals surface area contributed by atoms with Gasteiger partial charge in [-0.25, -0.2) is 0 Å². The molecule has 3 aromatic rings. The summed E-state index contributed by atoms with van der Waals surface area (Å²) in [5, 5.41) is 4.10. The molecule has 0 spiro atoms. The molecule has 0 bridgehead atoms. The molecule has 1 saturated heterocycles. The van der Waals surface area contributed by atoms with Gasteiger partial charge in [-0.3, -0.25) is 4.79 Å². The first-order valence-corrected chi connectivity index (χ1v) is 11.5. The lowest BCUT2D eigenvalue weighted by molar-refractivity contribution is -0.127. The van der Waals surface area contributed by atoms with E-state index in [-0.39, 0.29) is 5.91 Å². The fraction of sp³-hybridized carbons (Fsp3) is 0.261. The number of anilines is 1. The maximum absolute atomic E-state index is 12.9. The summed E-state index contributed by atoms with van der Waals surface area (Å²) in [6.45, 7) is 4.67. The summed E-state index contributed by atoms with van der Waals surface area (Å²) in [5.74, 6) is 0.0315. The standard InChI is InChI=1S/C23H24N2O2S2/c26-23(25(17-21-3-1-15-28-21)18-22-4-2-16-29-22)10-7-19-5-8-20(9-6-19)24-11-13-27-14-12-24/h1-10,15-16H,11-14,17-18H2/b10-7+. The smallest absolute Gasteiger partial charge is 0.247 e. The summed E-state index contributed by atoms with van der Waals surface area (Å²) in [7, 11) is 0. The zero-order valence-corrected chi connectivity index (χ0v) is 17.8. The highest BCUT2D eigenvalue weighted by Crippen LogP contribution is 2.19. The molecule has 1 amide bonds. The molecule has 4 rings (SSSR count). The number of thiophene rings is 2. The van der Waals surface area contributed by atoms with Crippen LogP contribution in [0.4, 0.5) is 5.69 Å². The van der Waals surface area contributed by atoms with Crippen LogP contribution in [-0.2, 0) is 22.6 Å². The molecule has 6 heteroatoms. The monoisotopic (exact) mass is 424 g/mol. The second-order valence-electron chi connectivity index (χ2n) is 6.88. The lowest BCUT2D eigenvalue weighted by Gasteiger charge is -2.28. The predicted molar refractivity (Wildman–Crippen MR) is 121 cm³/mol. The first kappa shape index (κ1) is 19.9. The van der Waals surface area contributed by atoms with Crippen LogP contribution in [0.2, 0.25) is 0 Å². The number of carbonyl (C=O) groups is 1. The highest BCUT2D eigenvalue weighted by Gasteiger charge is 2.14. The van der Waals surface area contributed by atoms with Gasteiger partial charge in [0.2, 0.25) is 5.91 Å². The second kappa shape index (κ2) is 9.87. The summed E-state index contributed by atoms with van der Waals surface area (Å²) in [6.07, 6.45) is 3.59. The van der Waals surface area contributed by atoms with E-state index in [9.17, 15) is 4.79 Å². The van der Waals surface area contributed by atoms with Crippen LogP contribution in [-0.4, -0.2) is 37.1 Å². The minimum Gasteiger partial charge on any atom is -0.378 e. The van der Waals surface area contributed by atoms with Crippen LogP contribution in [0.5, 0.6) is 0 Å². The summed E-state index contributed by atoms with van der Waals surface area (Å²) >= 11 is 3.37. The van der Waals surface area contributed by atoms with Crippen molar-refractivity contribution in [2.24, 2.45) is 0 Å². The summed E-state index contributed by atoms with van der Waals surface area (Å²) in [4.78, 5) is 19.5. The van der Waals surface area contributed by atoms with Crippen molar-refractivity contribution in [1.29, 1.82) is 0 Å². The molecule has 0 N–H and O–H groups in total. The molecule has 2 aromatic heterocycles. The van der Waals surface area contributed by atoms with E-state index in [1.165, 1.54) is 15.4 Å². The Kier molecular flexibility index (Phi) is 6.77. The topological polar surface area (TPSA) is 32.8 Å². The quantitative estimate of drug-likeness (QED) is 0.506. The molecule has 0 unspecified atom stereocenters. The van der Waals surface area contributed by atoms with E-state index < -0.39 is 0 Å². The molecule has 0 radical (unpaired) electrons. The van der Waals surface area contributed by atoms with Crippen LogP contribution >= 0.6 is 22.7 Å². The Hall–Kier alpha value is -2.41. The summed E-state index contributed by atoms with van der Waals surface area (Å²) in [5.41, 5.74) is 2.23. The Morgan fingerprint density at radius 1 is 0.966 bits per heavy atom. The van der Waals surface area contributed by atoms with E-state index in [1.54, 1.807) is 28.7 Å². The van der Waals surface area contributed by atoms with Crippen LogP contribution < -0.4 is 4.90 Å². The minimum atomic E-state index is 0.0315. The number of benzene rings is 1. The van der Waals surface area contributed by atoms with Crippen molar-refractivity contribution in [3.05, 3.63) is 80.7 Å². The highest BCUT2D eigenvalue weighted by molar-refractivity contribution is 7.10. The van der Waals surface area contributed by atoms with Crippen molar-refractivity contribution in [2.75, 3.05) is 31.2 Å². The molecular weight excluding hydrogens is 400 g/mol. The van der Waals surface area contributed by atoms with Crippen molar-refractivity contribution in [3.63, 3.8) is 0 Å². The van der Waals surface area contributed by atoms with Gasteiger partial charge in [0.25, 0.3) is 0 Å². The Labute approximate surface area is 179 Å². The average Bonchev–Trinajstić information content (AvgIpc) is 3.47. The lowest BCUT2D eigenvalue weighted by atomic mass is 10.1. The zero-order chi connectivity index (χ0) is 19.9. The molecule has 0 aliphatic carbocycles. The van der Waals surface area contributed by atoms with E-state index in [0.29, 0.717) is 13.1 Å². The number of amides is 1. The average molecular weight is 425 g/mol. The summed E-state index contributed by atoms with van der Waals surface area (Å²) in [6, 6.07) is 16.6. The Bertz CT molecular complexity index is 876. The first-order chi connectivity index (χ1) is 14.3. The van der Waals surface area contributed by atoms with Crippen LogP contribution in [0.1, 0.15) is 15.3 Å². The number of ether oxygens (including phenoxy) is 1. The summed E-state index contributed by atoms with van der Waals surface area (Å²) < 4.78 is 5.41. The molecule has 4 nitrogen and oxygen atoms in total. The van der Waals surface area contributed by atoms with E-state index in [2.05, 4.69) is 52.1 Å². The SMILES string of the molecule is O=C(/C=C/c1ccc(N2CCOCC2)cc1)N(Cc1cccs1)Cc1cccs1. The maximum atomic E-state index is 12.9. The Morgan fingerprint density at radius 3 is 2.14 bits per heavy atom. The number of carbonyl (C=O) groups excluding carboxylic acids is 1. The molecule has 0 atom stereocenters. The molecule has 1 aliphatic rings. The van der Waals surface area contributed by atoms with Crippen LogP contribution in [0.25, 0.3) is 6.08 Å². The second-order valence-corrected chi connectivity index (χ2v) is 8.94. The van der Waals surface area contributed by atoms with Gasteiger partial charge in [0, 0.05) is 34.6 Å². The van der Waals surface area contributed by atoms with Gasteiger partial charge in [-0.15, -0.1) is 22.7 Å². The van der Waals surface area contributed by atoms with Crippen molar-refractivity contribution < 1.29 is 9.53 Å². The van der Waals surface area contributed by atoms with Gasteiger partial charge in [-0.05, 0) is 46.7 Å². The molecule has 3 heterocycles. The lowest BCUT2D eigenvalue weighted by Crippen LogP contribution is -2.36. The maximum Gasteiger partial charge on any atom is 0.247 e. The number of hydrogen-bond donors (Lipinski definition) is 0. The predicted octanol–water partition coefficient (Wildman–Crippen LogP) is 4.89. The normalized spacial score (nSPS) is 14.4. The van der Waals surface area contributed by atoms with E-state index in [4.69, 9.17) is 4.74 Å². The van der Waals surface area contributed by atoms with Crippen LogP contribution in [0.15, 0.2) is 65.4 Å². The molecule has 150 valence electrons. The number of hydrogen-bond acceptors (Lipinski definition) is 5. The third-order valence-electron chi connectivity index (χ3n) is 4.85. The number of morpholine rings is 1. The van der Waals surface area contributed by atoms with Crippen LogP contribution in [0, 0.1) is 0 Å². The van der Waals surface area contributed by atoms with Crippen molar-refractivity contribution in [2.45, 2.75) is 13.1 Å². The van der Waals surface area contributed by atoms with E-state index >= 15 is 0 Å². The van der Waals surface area contributed by atoms with Gasteiger partial charge in [-0.1, -0.05) is 24.3 Å². The van der Waals surface area contributed by atoms with Crippen molar-refractivity contribution in [3.8, 4) is 0 Å². The molecule has 0 saturated carbocycles. The van der Waals surface area contributed by atoms with Gasteiger partial charge in [0.1, 0.15) is 0 Å². The van der Waals surface area contributed by atoms with Gasteiger partial charge in [-0.2, -0.15) is 0 Å². The zero-order valence-electron chi connectivity index (χ0n) is 16.2. The largest absolute Gasteiger partial charge is 0.378 e. The fourth-order valence-electron chi connectivity index (χ4n) is 3.28. The number of rotatable bonds is 7. The van der Waals surface area contributed by atoms with E-state index in [1.807, 2.05) is 23.1 Å². The third kappa shape index (κ3) is 5.56. The molecule has 1 aromatic carbocycles. The van der Waals surface area contributed by atoms with Crippen molar-refractivity contribution in [1.82, 2.24) is 4.90 Å². The molecule has 1 fully saturated rings. The number of nitrogens with zero attached hydrogens (tertiary/aromatic N) is 2. The van der Waals surface area contributed by atoms with Gasteiger partial charge >= 0.3 is 0 Å². The minimum absolute atomic E-state index is 0.0315.